The highest BCUT2D eigenvalue weighted by molar-refractivity contribution is 5.92. The zero-order valence-electron chi connectivity index (χ0n) is 8.26. The summed E-state index contributed by atoms with van der Waals surface area (Å²) in [6.45, 7) is 1.55. The number of phenolic OH excluding ortho intramolecular Hbond substituents is 1. The predicted octanol–water partition coefficient (Wildman–Crippen LogP) is 1.72. The summed E-state index contributed by atoms with van der Waals surface area (Å²) in [5.41, 5.74) is -0.535. The number of aromatic hydroxyl groups is 1. The third kappa shape index (κ3) is 1.40. The number of nitrogens with zero attached hydrogens (tertiary/aromatic N) is 1. The van der Waals surface area contributed by atoms with Crippen LogP contribution in [0.5, 0.6) is 5.75 Å². The monoisotopic (exact) mass is 221 g/mol. The summed E-state index contributed by atoms with van der Waals surface area (Å²) in [5.74, 6) is -0.450. The number of phenols is 1. The highest BCUT2D eigenvalue weighted by atomic mass is 16.6. The molecule has 0 aliphatic rings. The molecule has 0 saturated heterocycles. The number of nitro groups is 1. The molecular formula is C10H7NO5. The van der Waals surface area contributed by atoms with Crippen molar-refractivity contribution in [2.75, 3.05) is 0 Å². The Labute approximate surface area is 88.9 Å². The Hall–Kier alpha value is -2.37. The van der Waals surface area contributed by atoms with Crippen LogP contribution < -0.4 is 5.63 Å². The van der Waals surface area contributed by atoms with Crippen molar-refractivity contribution < 1.29 is 14.4 Å². The topological polar surface area (TPSA) is 93.6 Å². The van der Waals surface area contributed by atoms with Gasteiger partial charge in [-0.1, -0.05) is 0 Å². The zero-order valence-corrected chi connectivity index (χ0v) is 8.26. The standard InChI is InChI=1S/C10H7NO5/c1-5-4-8(13)16-7-3-2-6(12)10(9(5)7)11(14)15/h2-4,12H,1H3. The van der Waals surface area contributed by atoms with E-state index in [1.165, 1.54) is 6.07 Å². The Balaban J connectivity index is 3.03. The van der Waals surface area contributed by atoms with Crippen LogP contribution in [0.1, 0.15) is 5.56 Å². The first-order valence-electron chi connectivity index (χ1n) is 4.41. The number of fused-ring (bicyclic) bond motifs is 1. The van der Waals surface area contributed by atoms with E-state index in [4.69, 9.17) is 4.42 Å². The molecule has 0 radical (unpaired) electrons. The summed E-state index contributed by atoms with van der Waals surface area (Å²) in [6, 6.07) is 3.60. The molecule has 16 heavy (non-hydrogen) atoms. The molecule has 0 amide bonds. The SMILES string of the molecule is Cc1cc(=O)oc2ccc(O)c([N+](=O)[O-])c12. The van der Waals surface area contributed by atoms with E-state index in [0.717, 1.165) is 12.1 Å². The van der Waals surface area contributed by atoms with E-state index in [1.54, 1.807) is 6.92 Å². The first kappa shape index (κ1) is 10.2. The minimum Gasteiger partial charge on any atom is -0.502 e. The second-order valence-electron chi connectivity index (χ2n) is 3.31. The second-order valence-corrected chi connectivity index (χ2v) is 3.31. The van der Waals surface area contributed by atoms with E-state index < -0.39 is 22.0 Å². The summed E-state index contributed by atoms with van der Waals surface area (Å²) in [5, 5.41) is 20.4. The van der Waals surface area contributed by atoms with Crippen LogP contribution in [0.25, 0.3) is 11.0 Å². The minimum atomic E-state index is -0.704. The van der Waals surface area contributed by atoms with Gasteiger partial charge < -0.3 is 9.52 Å². The van der Waals surface area contributed by atoms with Gasteiger partial charge in [-0.15, -0.1) is 0 Å². The summed E-state index contributed by atoms with van der Waals surface area (Å²) in [6.07, 6.45) is 0. The first-order valence-corrected chi connectivity index (χ1v) is 4.41. The van der Waals surface area contributed by atoms with Crippen LogP contribution in [-0.2, 0) is 0 Å². The third-order valence-corrected chi connectivity index (χ3v) is 2.24. The van der Waals surface area contributed by atoms with Gasteiger partial charge in [0.15, 0.2) is 5.75 Å². The Morgan fingerprint density at radius 3 is 2.75 bits per heavy atom. The lowest BCUT2D eigenvalue weighted by atomic mass is 10.1. The lowest BCUT2D eigenvalue weighted by Crippen LogP contribution is -2.00. The summed E-state index contributed by atoms with van der Waals surface area (Å²) >= 11 is 0. The number of aryl methyl sites for hydroxylation is 1. The molecular weight excluding hydrogens is 214 g/mol. The number of rotatable bonds is 1. The van der Waals surface area contributed by atoms with E-state index in [0.29, 0.717) is 5.56 Å². The lowest BCUT2D eigenvalue weighted by Gasteiger charge is -2.02. The molecule has 0 atom stereocenters. The van der Waals surface area contributed by atoms with Crippen LogP contribution in [0.2, 0.25) is 0 Å². The maximum absolute atomic E-state index is 11.1. The molecule has 1 aromatic carbocycles. The van der Waals surface area contributed by atoms with Gasteiger partial charge in [-0.05, 0) is 24.6 Å². The van der Waals surface area contributed by atoms with Gasteiger partial charge in [0.2, 0.25) is 0 Å². The maximum atomic E-state index is 11.1. The molecule has 2 rings (SSSR count). The van der Waals surface area contributed by atoms with Crippen LogP contribution in [0.4, 0.5) is 5.69 Å². The van der Waals surface area contributed by atoms with Crippen molar-refractivity contribution in [2.24, 2.45) is 0 Å². The molecule has 0 bridgehead atoms. The maximum Gasteiger partial charge on any atom is 0.336 e. The van der Waals surface area contributed by atoms with E-state index >= 15 is 0 Å². The van der Waals surface area contributed by atoms with Gasteiger partial charge >= 0.3 is 11.3 Å². The fraction of sp³-hybridized carbons (Fsp3) is 0.100. The zero-order chi connectivity index (χ0) is 11.9. The molecule has 0 aliphatic carbocycles. The molecule has 6 heteroatoms. The molecule has 0 saturated carbocycles. The van der Waals surface area contributed by atoms with Gasteiger partial charge in [0.05, 0.1) is 4.92 Å². The quantitative estimate of drug-likeness (QED) is 0.449. The van der Waals surface area contributed by atoms with Gasteiger partial charge in [0, 0.05) is 6.07 Å². The predicted molar refractivity (Wildman–Crippen MR) is 55.5 cm³/mol. The molecule has 2 aromatic rings. The smallest absolute Gasteiger partial charge is 0.336 e. The summed E-state index contributed by atoms with van der Waals surface area (Å²) in [4.78, 5) is 21.2. The Bertz CT molecular complexity index is 643. The molecule has 0 unspecified atom stereocenters. The van der Waals surface area contributed by atoms with Crippen molar-refractivity contribution in [3.05, 3.63) is 44.3 Å². The fourth-order valence-electron chi connectivity index (χ4n) is 1.60. The van der Waals surface area contributed by atoms with Crippen molar-refractivity contribution in [1.82, 2.24) is 0 Å². The van der Waals surface area contributed by atoms with Crippen LogP contribution in [0, 0.1) is 17.0 Å². The number of benzene rings is 1. The number of nitro benzene ring substituents is 1. The normalized spacial score (nSPS) is 10.6. The first-order chi connectivity index (χ1) is 7.50. The van der Waals surface area contributed by atoms with Crippen molar-refractivity contribution >= 4 is 16.7 Å². The Morgan fingerprint density at radius 2 is 2.12 bits per heavy atom. The van der Waals surface area contributed by atoms with E-state index in [9.17, 15) is 20.0 Å². The molecule has 6 nitrogen and oxygen atoms in total. The van der Waals surface area contributed by atoms with Crippen LogP contribution >= 0.6 is 0 Å². The molecule has 1 heterocycles. The summed E-state index contributed by atoms with van der Waals surface area (Å²) < 4.78 is 4.82. The van der Waals surface area contributed by atoms with Crippen molar-refractivity contribution in [1.29, 1.82) is 0 Å². The van der Waals surface area contributed by atoms with Crippen molar-refractivity contribution in [3.63, 3.8) is 0 Å². The highest BCUT2D eigenvalue weighted by Crippen LogP contribution is 2.35. The molecule has 0 aliphatic heterocycles. The number of hydrogen-bond donors (Lipinski definition) is 1. The lowest BCUT2D eigenvalue weighted by molar-refractivity contribution is -0.384. The second kappa shape index (κ2) is 3.34. The molecule has 1 aromatic heterocycles. The fourth-order valence-corrected chi connectivity index (χ4v) is 1.60. The average Bonchev–Trinajstić information content (AvgIpc) is 2.18. The van der Waals surface area contributed by atoms with Crippen molar-refractivity contribution in [2.45, 2.75) is 6.92 Å². The molecule has 0 fully saturated rings. The van der Waals surface area contributed by atoms with Gasteiger partial charge in [-0.25, -0.2) is 4.79 Å². The largest absolute Gasteiger partial charge is 0.502 e. The van der Waals surface area contributed by atoms with Gasteiger partial charge in [0.1, 0.15) is 11.0 Å². The Morgan fingerprint density at radius 1 is 1.44 bits per heavy atom. The van der Waals surface area contributed by atoms with E-state index in [2.05, 4.69) is 0 Å². The summed E-state index contributed by atoms with van der Waals surface area (Å²) in [7, 11) is 0. The average molecular weight is 221 g/mol. The van der Waals surface area contributed by atoms with Gasteiger partial charge in [-0.2, -0.15) is 0 Å². The molecule has 1 N–H and O–H groups in total. The minimum absolute atomic E-state index is 0.0921. The van der Waals surface area contributed by atoms with Gasteiger partial charge in [0.25, 0.3) is 0 Å². The van der Waals surface area contributed by atoms with E-state index in [-0.39, 0.29) is 11.0 Å². The van der Waals surface area contributed by atoms with Crippen LogP contribution in [0.3, 0.4) is 0 Å². The van der Waals surface area contributed by atoms with Crippen LogP contribution in [-0.4, -0.2) is 10.0 Å². The Kier molecular flexibility index (Phi) is 2.12. The van der Waals surface area contributed by atoms with Crippen molar-refractivity contribution in [3.8, 4) is 5.75 Å². The molecule has 82 valence electrons. The van der Waals surface area contributed by atoms with Gasteiger partial charge in [-0.3, -0.25) is 10.1 Å². The number of hydrogen-bond acceptors (Lipinski definition) is 5. The van der Waals surface area contributed by atoms with Crippen LogP contribution in [0.15, 0.2) is 27.4 Å². The third-order valence-electron chi connectivity index (χ3n) is 2.24. The highest BCUT2D eigenvalue weighted by Gasteiger charge is 2.21. The van der Waals surface area contributed by atoms with E-state index in [1.807, 2.05) is 0 Å². The molecule has 0 spiro atoms.